The third kappa shape index (κ3) is 2.77. The maximum atomic E-state index is 10.7. The molecule has 1 atom stereocenters. The summed E-state index contributed by atoms with van der Waals surface area (Å²) in [4.78, 5) is 20.6. The zero-order chi connectivity index (χ0) is 12.3. The standard InChI is InChI=1S/C10H11NO5/c1-10(14,9(12)13)6-7-3-2-4-8(5-7)11(15)16/h2-5,14H,6H2,1H3,(H,12,13). The Bertz CT molecular complexity index is 427. The lowest BCUT2D eigenvalue weighted by atomic mass is 9.96. The number of carboxylic acid groups (broad SMARTS) is 1. The fourth-order valence-corrected chi connectivity index (χ4v) is 1.25. The van der Waals surface area contributed by atoms with E-state index in [0.29, 0.717) is 5.56 Å². The number of nitro groups is 1. The van der Waals surface area contributed by atoms with Crippen LogP contribution in [0.5, 0.6) is 0 Å². The summed E-state index contributed by atoms with van der Waals surface area (Å²) < 4.78 is 0. The first kappa shape index (κ1) is 12.1. The molecule has 16 heavy (non-hydrogen) atoms. The van der Waals surface area contributed by atoms with Crippen molar-refractivity contribution >= 4 is 11.7 Å². The van der Waals surface area contributed by atoms with Crippen molar-refractivity contribution in [2.24, 2.45) is 0 Å². The number of carboxylic acids is 1. The molecule has 0 aliphatic heterocycles. The summed E-state index contributed by atoms with van der Waals surface area (Å²) in [5.41, 5.74) is -1.64. The van der Waals surface area contributed by atoms with Gasteiger partial charge in [0.25, 0.3) is 5.69 Å². The quantitative estimate of drug-likeness (QED) is 0.587. The molecule has 0 aliphatic rings. The lowest BCUT2D eigenvalue weighted by molar-refractivity contribution is -0.384. The smallest absolute Gasteiger partial charge is 0.335 e. The van der Waals surface area contributed by atoms with E-state index >= 15 is 0 Å². The number of nitrogens with zero attached hydrogens (tertiary/aromatic N) is 1. The van der Waals surface area contributed by atoms with Crippen LogP contribution in [0.2, 0.25) is 0 Å². The molecule has 6 heteroatoms. The Kier molecular flexibility index (Phi) is 3.24. The Morgan fingerprint density at radius 1 is 1.56 bits per heavy atom. The van der Waals surface area contributed by atoms with Crippen LogP contribution in [-0.2, 0) is 11.2 Å². The summed E-state index contributed by atoms with van der Waals surface area (Å²) in [5.74, 6) is -1.36. The predicted octanol–water partition coefficient (Wildman–Crippen LogP) is 0.973. The number of rotatable bonds is 4. The van der Waals surface area contributed by atoms with Gasteiger partial charge in [0.05, 0.1) is 4.92 Å². The highest BCUT2D eigenvalue weighted by molar-refractivity contribution is 5.77. The summed E-state index contributed by atoms with van der Waals surface area (Å²) in [6.45, 7) is 1.15. The van der Waals surface area contributed by atoms with E-state index in [2.05, 4.69) is 0 Å². The van der Waals surface area contributed by atoms with Crippen molar-refractivity contribution in [1.82, 2.24) is 0 Å². The van der Waals surface area contributed by atoms with Gasteiger partial charge in [-0.15, -0.1) is 0 Å². The molecule has 1 unspecified atom stereocenters. The minimum absolute atomic E-state index is 0.126. The summed E-state index contributed by atoms with van der Waals surface area (Å²) in [6.07, 6.45) is -0.177. The second-order valence-electron chi connectivity index (χ2n) is 3.68. The van der Waals surface area contributed by atoms with E-state index in [-0.39, 0.29) is 12.1 Å². The number of benzene rings is 1. The maximum absolute atomic E-state index is 10.7. The van der Waals surface area contributed by atoms with Gasteiger partial charge in [-0.25, -0.2) is 4.79 Å². The van der Waals surface area contributed by atoms with Gasteiger partial charge in [-0.2, -0.15) is 0 Å². The van der Waals surface area contributed by atoms with Crippen LogP contribution in [0.25, 0.3) is 0 Å². The van der Waals surface area contributed by atoms with Crippen LogP contribution < -0.4 is 0 Å². The average Bonchev–Trinajstić information content (AvgIpc) is 2.17. The first-order valence-electron chi connectivity index (χ1n) is 4.52. The SMILES string of the molecule is CC(O)(Cc1cccc([N+](=O)[O-])c1)C(=O)O. The van der Waals surface area contributed by atoms with Gasteiger partial charge in [-0.1, -0.05) is 12.1 Å². The lowest BCUT2D eigenvalue weighted by Crippen LogP contribution is -2.37. The molecular weight excluding hydrogens is 214 g/mol. The average molecular weight is 225 g/mol. The van der Waals surface area contributed by atoms with Crippen LogP contribution >= 0.6 is 0 Å². The van der Waals surface area contributed by atoms with E-state index in [4.69, 9.17) is 5.11 Å². The fourth-order valence-electron chi connectivity index (χ4n) is 1.25. The van der Waals surface area contributed by atoms with Crippen LogP contribution in [0.3, 0.4) is 0 Å². The van der Waals surface area contributed by atoms with Crippen LogP contribution in [0.4, 0.5) is 5.69 Å². The molecule has 0 saturated carbocycles. The Morgan fingerprint density at radius 2 is 2.19 bits per heavy atom. The summed E-state index contributed by atoms with van der Waals surface area (Å²) in [7, 11) is 0. The summed E-state index contributed by atoms with van der Waals surface area (Å²) >= 11 is 0. The zero-order valence-corrected chi connectivity index (χ0v) is 8.58. The molecule has 6 nitrogen and oxygen atoms in total. The van der Waals surface area contributed by atoms with E-state index in [1.807, 2.05) is 0 Å². The predicted molar refractivity (Wildman–Crippen MR) is 55.1 cm³/mol. The number of non-ortho nitro benzene ring substituents is 1. The van der Waals surface area contributed by atoms with Gasteiger partial charge in [-0.3, -0.25) is 10.1 Å². The Balaban J connectivity index is 2.94. The van der Waals surface area contributed by atoms with Gasteiger partial charge in [0.2, 0.25) is 0 Å². The number of hydrogen-bond acceptors (Lipinski definition) is 4. The second-order valence-corrected chi connectivity index (χ2v) is 3.68. The van der Waals surface area contributed by atoms with Crippen LogP contribution in [0.1, 0.15) is 12.5 Å². The number of aliphatic carboxylic acids is 1. The maximum Gasteiger partial charge on any atom is 0.335 e. The molecule has 86 valence electrons. The van der Waals surface area contributed by atoms with Gasteiger partial charge in [0.15, 0.2) is 5.60 Å². The zero-order valence-electron chi connectivity index (χ0n) is 8.58. The monoisotopic (exact) mass is 225 g/mol. The van der Waals surface area contributed by atoms with E-state index in [0.717, 1.165) is 6.92 Å². The first-order chi connectivity index (χ1) is 7.33. The third-order valence-corrected chi connectivity index (χ3v) is 2.13. The second kappa shape index (κ2) is 4.28. The van der Waals surface area contributed by atoms with Crippen molar-refractivity contribution < 1.29 is 19.9 Å². The Hall–Kier alpha value is -1.95. The van der Waals surface area contributed by atoms with Crippen molar-refractivity contribution in [2.75, 3.05) is 0 Å². The molecular formula is C10H11NO5. The molecule has 1 rings (SSSR count). The largest absolute Gasteiger partial charge is 0.479 e. The molecule has 1 aromatic carbocycles. The van der Waals surface area contributed by atoms with Crippen LogP contribution in [0, 0.1) is 10.1 Å². The van der Waals surface area contributed by atoms with Crippen molar-refractivity contribution in [3.05, 3.63) is 39.9 Å². The Morgan fingerprint density at radius 3 is 2.69 bits per heavy atom. The van der Waals surface area contributed by atoms with Crippen molar-refractivity contribution in [2.45, 2.75) is 18.9 Å². The molecule has 0 saturated heterocycles. The molecule has 0 bridgehead atoms. The van der Waals surface area contributed by atoms with Crippen molar-refractivity contribution in [1.29, 1.82) is 0 Å². The van der Waals surface area contributed by atoms with Gasteiger partial charge < -0.3 is 10.2 Å². The van der Waals surface area contributed by atoms with E-state index < -0.39 is 16.5 Å². The lowest BCUT2D eigenvalue weighted by Gasteiger charge is -2.17. The van der Waals surface area contributed by atoms with Crippen molar-refractivity contribution in [3.63, 3.8) is 0 Å². The highest BCUT2D eigenvalue weighted by Crippen LogP contribution is 2.18. The van der Waals surface area contributed by atoms with Gasteiger partial charge in [0.1, 0.15) is 0 Å². The molecule has 1 aromatic rings. The Labute approximate surface area is 91.3 Å². The molecule has 0 spiro atoms. The van der Waals surface area contributed by atoms with Crippen LogP contribution in [0.15, 0.2) is 24.3 Å². The minimum Gasteiger partial charge on any atom is -0.479 e. The molecule has 0 heterocycles. The minimum atomic E-state index is -1.92. The molecule has 0 aliphatic carbocycles. The normalized spacial score (nSPS) is 14.1. The summed E-state index contributed by atoms with van der Waals surface area (Å²) in [6, 6.07) is 5.53. The molecule has 0 radical (unpaired) electrons. The van der Waals surface area contributed by atoms with E-state index in [1.165, 1.54) is 24.3 Å². The van der Waals surface area contributed by atoms with Gasteiger partial charge >= 0.3 is 5.97 Å². The van der Waals surface area contributed by atoms with E-state index in [9.17, 15) is 20.0 Å². The fraction of sp³-hybridized carbons (Fsp3) is 0.300. The summed E-state index contributed by atoms with van der Waals surface area (Å²) in [5, 5.41) is 28.7. The van der Waals surface area contributed by atoms with E-state index in [1.54, 1.807) is 0 Å². The van der Waals surface area contributed by atoms with Crippen molar-refractivity contribution in [3.8, 4) is 0 Å². The number of carbonyl (C=O) groups is 1. The van der Waals surface area contributed by atoms with Gasteiger partial charge in [0, 0.05) is 18.6 Å². The highest BCUT2D eigenvalue weighted by Gasteiger charge is 2.30. The molecule has 2 N–H and O–H groups in total. The molecule has 0 fully saturated rings. The topological polar surface area (TPSA) is 101 Å². The number of nitro benzene ring substituents is 1. The molecule has 0 amide bonds. The number of hydrogen-bond donors (Lipinski definition) is 2. The third-order valence-electron chi connectivity index (χ3n) is 2.13. The van der Waals surface area contributed by atoms with Crippen LogP contribution in [-0.4, -0.2) is 26.7 Å². The highest BCUT2D eigenvalue weighted by atomic mass is 16.6. The first-order valence-corrected chi connectivity index (χ1v) is 4.52. The van der Waals surface area contributed by atoms with Gasteiger partial charge in [-0.05, 0) is 12.5 Å². The number of aliphatic hydroxyl groups is 1. The molecule has 0 aromatic heterocycles.